The van der Waals surface area contributed by atoms with Crippen molar-refractivity contribution < 1.29 is 14.7 Å². The number of amides is 1. The molecule has 2 N–H and O–H groups in total. The van der Waals surface area contributed by atoms with Crippen LogP contribution in [0.15, 0.2) is 24.3 Å². The van der Waals surface area contributed by atoms with E-state index in [2.05, 4.69) is 5.32 Å². The van der Waals surface area contributed by atoms with E-state index in [1.54, 1.807) is 0 Å². The van der Waals surface area contributed by atoms with Crippen molar-refractivity contribution in [2.24, 2.45) is 5.41 Å². The van der Waals surface area contributed by atoms with Crippen LogP contribution in [0.1, 0.15) is 52.6 Å². The number of carbonyl (C=O) groups is 2. The second-order valence-electron chi connectivity index (χ2n) is 6.52. The van der Waals surface area contributed by atoms with E-state index in [0.29, 0.717) is 23.0 Å². The van der Waals surface area contributed by atoms with Crippen molar-refractivity contribution in [1.29, 1.82) is 0 Å². The third-order valence-corrected chi connectivity index (χ3v) is 8.02. The Morgan fingerprint density at radius 2 is 1.71 bits per heavy atom. The lowest BCUT2D eigenvalue weighted by atomic mass is 9.74. The van der Waals surface area contributed by atoms with Gasteiger partial charge in [-0.05, 0) is 30.5 Å². The first-order valence-corrected chi connectivity index (χ1v) is 10.6. The summed E-state index contributed by atoms with van der Waals surface area (Å²) in [6, 6.07) is 7.72. The highest BCUT2D eigenvalue weighted by Gasteiger charge is 2.39. The quantitative estimate of drug-likeness (QED) is 0.827. The minimum atomic E-state index is -0.787. The first kappa shape index (κ1) is 17.7. The molecule has 1 aromatic carbocycles. The van der Waals surface area contributed by atoms with Crippen LogP contribution in [0.4, 0.5) is 0 Å². The molecule has 1 saturated carbocycles. The molecule has 0 spiro atoms. The molecule has 1 heterocycles. The SMILES string of the molecule is O=C(NCC1(C(=O)O)CCCCC1)c1ccc(C2SCCS2)cc1. The Hall–Kier alpha value is -1.14. The Labute approximate surface area is 151 Å². The summed E-state index contributed by atoms with van der Waals surface area (Å²) in [4.78, 5) is 24.0. The van der Waals surface area contributed by atoms with Crippen LogP contribution >= 0.6 is 23.5 Å². The van der Waals surface area contributed by atoms with Gasteiger partial charge in [0.25, 0.3) is 5.91 Å². The Morgan fingerprint density at radius 3 is 2.29 bits per heavy atom. The van der Waals surface area contributed by atoms with Crippen LogP contribution in [0.25, 0.3) is 0 Å². The van der Waals surface area contributed by atoms with Gasteiger partial charge in [-0.1, -0.05) is 31.4 Å². The number of hydrogen-bond donors (Lipinski definition) is 2. The number of aliphatic carboxylic acids is 1. The van der Waals surface area contributed by atoms with Crippen molar-refractivity contribution in [2.45, 2.75) is 36.7 Å². The molecule has 1 aromatic rings. The monoisotopic (exact) mass is 365 g/mol. The van der Waals surface area contributed by atoms with Crippen LogP contribution in [-0.4, -0.2) is 35.0 Å². The third kappa shape index (κ3) is 3.91. The minimum Gasteiger partial charge on any atom is -0.481 e. The van der Waals surface area contributed by atoms with Gasteiger partial charge >= 0.3 is 5.97 Å². The van der Waals surface area contributed by atoms with Gasteiger partial charge < -0.3 is 10.4 Å². The molecule has 24 heavy (non-hydrogen) atoms. The summed E-state index contributed by atoms with van der Waals surface area (Å²) >= 11 is 3.88. The number of carboxylic acids is 1. The molecule has 6 heteroatoms. The Balaban J connectivity index is 1.60. The Bertz CT molecular complexity index is 591. The maximum Gasteiger partial charge on any atom is 0.311 e. The van der Waals surface area contributed by atoms with Crippen molar-refractivity contribution in [3.8, 4) is 0 Å². The van der Waals surface area contributed by atoms with Crippen molar-refractivity contribution in [2.75, 3.05) is 18.1 Å². The maximum absolute atomic E-state index is 12.4. The number of rotatable bonds is 5. The second kappa shape index (κ2) is 7.83. The standard InChI is InChI=1S/C18H23NO3S2/c20-15(19-12-18(17(21)22)8-2-1-3-9-18)13-4-6-14(7-5-13)16-23-10-11-24-16/h4-7,16H,1-3,8-12H2,(H,19,20)(H,21,22). The Morgan fingerprint density at radius 1 is 1.08 bits per heavy atom. The Kier molecular flexibility index (Phi) is 5.76. The molecule has 3 rings (SSSR count). The van der Waals surface area contributed by atoms with Gasteiger partial charge in [0, 0.05) is 23.6 Å². The molecule has 0 aromatic heterocycles. The van der Waals surface area contributed by atoms with Gasteiger partial charge in [0.2, 0.25) is 0 Å². The molecule has 0 atom stereocenters. The summed E-state index contributed by atoms with van der Waals surface area (Å²) in [6.07, 6.45) is 4.23. The topological polar surface area (TPSA) is 66.4 Å². The van der Waals surface area contributed by atoms with Crippen molar-refractivity contribution in [3.05, 3.63) is 35.4 Å². The van der Waals surface area contributed by atoms with E-state index >= 15 is 0 Å². The number of carbonyl (C=O) groups excluding carboxylic acids is 1. The van der Waals surface area contributed by atoms with Crippen molar-refractivity contribution in [3.63, 3.8) is 0 Å². The van der Waals surface area contributed by atoms with E-state index in [1.807, 2.05) is 47.8 Å². The van der Waals surface area contributed by atoms with Crippen LogP contribution in [0.3, 0.4) is 0 Å². The molecule has 1 saturated heterocycles. The fourth-order valence-corrected chi connectivity index (χ4v) is 6.25. The van der Waals surface area contributed by atoms with Crippen LogP contribution in [0.5, 0.6) is 0 Å². The molecule has 2 fully saturated rings. The molecule has 0 bridgehead atoms. The highest BCUT2D eigenvalue weighted by molar-refractivity contribution is 8.19. The number of hydrogen-bond acceptors (Lipinski definition) is 4. The highest BCUT2D eigenvalue weighted by atomic mass is 32.2. The lowest BCUT2D eigenvalue weighted by Gasteiger charge is -2.33. The average Bonchev–Trinajstić information content (AvgIpc) is 3.15. The van der Waals surface area contributed by atoms with Crippen LogP contribution < -0.4 is 5.32 Å². The fourth-order valence-electron chi connectivity index (χ4n) is 3.39. The molecule has 1 amide bonds. The van der Waals surface area contributed by atoms with Crippen molar-refractivity contribution in [1.82, 2.24) is 5.32 Å². The first-order valence-electron chi connectivity index (χ1n) is 8.45. The third-order valence-electron chi connectivity index (χ3n) is 4.92. The second-order valence-corrected chi connectivity index (χ2v) is 9.25. The van der Waals surface area contributed by atoms with E-state index in [1.165, 1.54) is 17.1 Å². The van der Waals surface area contributed by atoms with Gasteiger partial charge in [-0.2, -0.15) is 0 Å². The summed E-state index contributed by atoms with van der Waals surface area (Å²) in [5.41, 5.74) is 1.06. The number of benzene rings is 1. The summed E-state index contributed by atoms with van der Waals surface area (Å²) in [5.74, 6) is 1.39. The normalized spacial score (nSPS) is 20.7. The smallest absolute Gasteiger partial charge is 0.311 e. The highest BCUT2D eigenvalue weighted by Crippen LogP contribution is 2.45. The molecule has 1 aliphatic heterocycles. The molecule has 2 aliphatic rings. The van der Waals surface area contributed by atoms with E-state index in [4.69, 9.17) is 0 Å². The van der Waals surface area contributed by atoms with E-state index < -0.39 is 11.4 Å². The average molecular weight is 366 g/mol. The predicted octanol–water partition coefficient (Wildman–Crippen LogP) is 3.93. The lowest BCUT2D eigenvalue weighted by Crippen LogP contribution is -2.44. The van der Waals surface area contributed by atoms with Crippen LogP contribution in [0.2, 0.25) is 0 Å². The summed E-state index contributed by atoms with van der Waals surface area (Å²) in [7, 11) is 0. The van der Waals surface area contributed by atoms with E-state index in [9.17, 15) is 14.7 Å². The zero-order chi connectivity index (χ0) is 17.0. The number of nitrogens with one attached hydrogen (secondary N) is 1. The van der Waals surface area contributed by atoms with E-state index in [0.717, 1.165) is 19.3 Å². The molecule has 4 nitrogen and oxygen atoms in total. The summed E-state index contributed by atoms with van der Waals surface area (Å²) in [6.45, 7) is 0.219. The fraction of sp³-hybridized carbons (Fsp3) is 0.556. The number of thioether (sulfide) groups is 2. The summed E-state index contributed by atoms with van der Waals surface area (Å²) < 4.78 is 0.472. The molecule has 130 valence electrons. The van der Waals surface area contributed by atoms with Crippen molar-refractivity contribution >= 4 is 35.4 Å². The zero-order valence-electron chi connectivity index (χ0n) is 13.6. The molecule has 0 radical (unpaired) electrons. The zero-order valence-corrected chi connectivity index (χ0v) is 15.3. The van der Waals surface area contributed by atoms with Gasteiger partial charge in [0.1, 0.15) is 0 Å². The van der Waals surface area contributed by atoms with Crippen LogP contribution in [-0.2, 0) is 4.79 Å². The lowest BCUT2D eigenvalue weighted by molar-refractivity contribution is -0.150. The first-order chi connectivity index (χ1) is 11.6. The van der Waals surface area contributed by atoms with Gasteiger partial charge in [-0.25, -0.2) is 0 Å². The molecular weight excluding hydrogens is 342 g/mol. The summed E-state index contributed by atoms with van der Waals surface area (Å²) in [5, 5.41) is 12.4. The number of carboxylic acid groups (broad SMARTS) is 1. The van der Waals surface area contributed by atoms with Gasteiger partial charge in [-0.3, -0.25) is 9.59 Å². The minimum absolute atomic E-state index is 0.181. The van der Waals surface area contributed by atoms with E-state index in [-0.39, 0.29) is 12.5 Å². The van der Waals surface area contributed by atoms with Gasteiger partial charge in [0.05, 0.1) is 10.00 Å². The molecular formula is C18H23NO3S2. The largest absolute Gasteiger partial charge is 0.481 e. The van der Waals surface area contributed by atoms with Gasteiger partial charge in [0.15, 0.2) is 0 Å². The van der Waals surface area contributed by atoms with Crippen LogP contribution in [0, 0.1) is 5.41 Å². The molecule has 1 aliphatic carbocycles. The predicted molar refractivity (Wildman–Crippen MR) is 99.6 cm³/mol. The van der Waals surface area contributed by atoms with Gasteiger partial charge in [-0.15, -0.1) is 23.5 Å². The molecule has 0 unspecified atom stereocenters. The maximum atomic E-state index is 12.4.